The van der Waals surface area contributed by atoms with Gasteiger partial charge in [-0.15, -0.1) is 0 Å². The van der Waals surface area contributed by atoms with Gasteiger partial charge in [0.15, 0.2) is 5.76 Å². The number of rotatable bonds is 4. The van der Waals surface area contributed by atoms with E-state index in [4.69, 9.17) is 26.9 Å². The van der Waals surface area contributed by atoms with Crippen molar-refractivity contribution in [3.63, 3.8) is 0 Å². The Balaban J connectivity index is 2.03. The lowest BCUT2D eigenvalue weighted by atomic mass is 10.1. The molecule has 0 saturated carbocycles. The van der Waals surface area contributed by atoms with Crippen molar-refractivity contribution >= 4 is 24.0 Å². The molecule has 0 aliphatic carbocycles. The smallest absolute Gasteiger partial charge is 0.169 e. The first-order valence-electron chi connectivity index (χ1n) is 6.59. The topological polar surface area (TPSA) is 73.7 Å². The van der Waals surface area contributed by atoms with E-state index < -0.39 is 0 Å². The minimum atomic E-state index is 0.543. The van der Waals surface area contributed by atoms with Crippen molar-refractivity contribution in [1.29, 1.82) is 10.8 Å². The van der Waals surface area contributed by atoms with Gasteiger partial charge in [-0.1, -0.05) is 41.0 Å². The molecule has 2 aromatic carbocycles. The van der Waals surface area contributed by atoms with E-state index in [0.29, 0.717) is 22.0 Å². The van der Waals surface area contributed by atoms with Gasteiger partial charge in [0.2, 0.25) is 0 Å². The molecule has 108 valence electrons. The Labute approximate surface area is 132 Å². The van der Waals surface area contributed by atoms with E-state index in [1.54, 1.807) is 24.3 Å². The van der Waals surface area contributed by atoms with Crippen LogP contribution in [0.4, 0.5) is 0 Å². The largest absolute Gasteiger partial charge is 0.356 e. The average molecular weight is 310 g/mol. The van der Waals surface area contributed by atoms with Gasteiger partial charge in [0.25, 0.3) is 0 Å². The van der Waals surface area contributed by atoms with Crippen molar-refractivity contribution in [1.82, 2.24) is 5.16 Å². The van der Waals surface area contributed by atoms with Gasteiger partial charge in [-0.3, -0.25) is 0 Å². The second-order valence-electron chi connectivity index (χ2n) is 4.73. The molecule has 22 heavy (non-hydrogen) atoms. The molecule has 0 fully saturated rings. The first-order chi connectivity index (χ1) is 10.7. The molecule has 0 radical (unpaired) electrons. The van der Waals surface area contributed by atoms with E-state index in [-0.39, 0.29) is 0 Å². The maximum atomic E-state index is 7.32. The first kappa shape index (κ1) is 14.2. The fourth-order valence-electron chi connectivity index (χ4n) is 2.15. The average Bonchev–Trinajstić information content (AvgIpc) is 3.05. The van der Waals surface area contributed by atoms with Gasteiger partial charge in [-0.2, -0.15) is 0 Å². The van der Waals surface area contributed by atoms with Crippen molar-refractivity contribution < 1.29 is 4.52 Å². The Morgan fingerprint density at radius 1 is 0.955 bits per heavy atom. The van der Waals surface area contributed by atoms with Crippen LogP contribution in [0.2, 0.25) is 5.02 Å². The van der Waals surface area contributed by atoms with Crippen LogP contribution in [0, 0.1) is 10.8 Å². The molecule has 3 aromatic rings. The first-order valence-corrected chi connectivity index (χ1v) is 6.97. The van der Waals surface area contributed by atoms with Crippen LogP contribution in [-0.4, -0.2) is 17.6 Å². The monoisotopic (exact) mass is 309 g/mol. The van der Waals surface area contributed by atoms with Gasteiger partial charge in [-0.25, -0.2) is 0 Å². The van der Waals surface area contributed by atoms with Crippen molar-refractivity contribution in [3.05, 3.63) is 64.7 Å². The van der Waals surface area contributed by atoms with Crippen LogP contribution in [0.5, 0.6) is 0 Å². The van der Waals surface area contributed by atoms with E-state index in [1.165, 1.54) is 12.4 Å². The van der Waals surface area contributed by atoms with Gasteiger partial charge in [-0.05, 0) is 29.3 Å². The van der Waals surface area contributed by atoms with Gasteiger partial charge >= 0.3 is 0 Å². The fraction of sp³-hybridized carbons (Fsp3) is 0. The van der Waals surface area contributed by atoms with E-state index >= 15 is 0 Å². The minimum Gasteiger partial charge on any atom is -0.356 e. The van der Waals surface area contributed by atoms with E-state index in [0.717, 1.165) is 16.7 Å². The number of nitrogens with zero attached hydrogens (tertiary/aromatic N) is 1. The molecule has 0 unspecified atom stereocenters. The summed E-state index contributed by atoms with van der Waals surface area (Å²) in [6.45, 7) is 0. The molecule has 0 aliphatic rings. The molecule has 0 amide bonds. The lowest BCUT2D eigenvalue weighted by Crippen LogP contribution is -1.83. The third-order valence-corrected chi connectivity index (χ3v) is 3.61. The lowest BCUT2D eigenvalue weighted by Gasteiger charge is -2.00. The second kappa shape index (κ2) is 5.95. The molecule has 0 aliphatic heterocycles. The van der Waals surface area contributed by atoms with Crippen molar-refractivity contribution in [3.8, 4) is 22.6 Å². The summed E-state index contributed by atoms with van der Waals surface area (Å²) >= 11 is 6.20. The van der Waals surface area contributed by atoms with Crippen LogP contribution in [0.1, 0.15) is 11.1 Å². The molecule has 1 heterocycles. The van der Waals surface area contributed by atoms with E-state index in [9.17, 15) is 0 Å². The number of hydrogen-bond donors (Lipinski definition) is 2. The zero-order chi connectivity index (χ0) is 15.5. The highest BCUT2D eigenvalue weighted by Crippen LogP contribution is 2.31. The number of aromatic nitrogens is 1. The third kappa shape index (κ3) is 2.69. The zero-order valence-electron chi connectivity index (χ0n) is 11.5. The normalized spacial score (nSPS) is 10.4. The standard InChI is InChI=1S/C17H12ClN3O/c18-15-5-4-12(10-20)7-14(15)17-8-16(21-22-17)13-3-1-2-11(6-13)9-19/h1-10,19-20H. The molecule has 0 bridgehead atoms. The summed E-state index contributed by atoms with van der Waals surface area (Å²) < 4.78 is 5.39. The quantitative estimate of drug-likeness (QED) is 0.688. The second-order valence-corrected chi connectivity index (χ2v) is 5.14. The highest BCUT2D eigenvalue weighted by molar-refractivity contribution is 6.33. The summed E-state index contributed by atoms with van der Waals surface area (Å²) in [5, 5.41) is 19.2. The van der Waals surface area contributed by atoms with Crippen LogP contribution < -0.4 is 0 Å². The Morgan fingerprint density at radius 3 is 2.50 bits per heavy atom. The van der Waals surface area contributed by atoms with E-state index in [1.807, 2.05) is 24.3 Å². The predicted octanol–water partition coefficient (Wildman–Crippen LogP) is 4.66. The number of nitrogens with one attached hydrogen (secondary N) is 2. The maximum absolute atomic E-state index is 7.32. The molecule has 0 spiro atoms. The summed E-state index contributed by atoms with van der Waals surface area (Å²) in [5.74, 6) is 0.545. The summed E-state index contributed by atoms with van der Waals surface area (Å²) in [6, 6.07) is 14.6. The summed E-state index contributed by atoms with van der Waals surface area (Å²) in [4.78, 5) is 0. The van der Waals surface area contributed by atoms with Crippen LogP contribution in [0.3, 0.4) is 0 Å². The minimum absolute atomic E-state index is 0.543. The molecule has 0 atom stereocenters. The molecule has 2 N–H and O–H groups in total. The maximum Gasteiger partial charge on any atom is 0.169 e. The Morgan fingerprint density at radius 2 is 1.73 bits per heavy atom. The molecule has 4 nitrogen and oxygen atoms in total. The molecular weight excluding hydrogens is 298 g/mol. The van der Waals surface area contributed by atoms with Crippen molar-refractivity contribution in [2.75, 3.05) is 0 Å². The van der Waals surface area contributed by atoms with Gasteiger partial charge in [0.1, 0.15) is 5.69 Å². The highest BCUT2D eigenvalue weighted by atomic mass is 35.5. The molecule has 5 heteroatoms. The van der Waals surface area contributed by atoms with Crippen LogP contribution in [0.25, 0.3) is 22.6 Å². The SMILES string of the molecule is N=Cc1cccc(-c2cc(-c3cc(C=N)ccc3Cl)on2)c1. The van der Waals surface area contributed by atoms with Crippen LogP contribution >= 0.6 is 11.6 Å². The van der Waals surface area contributed by atoms with Gasteiger partial charge < -0.3 is 15.3 Å². The number of halogens is 1. The number of hydrogen-bond acceptors (Lipinski definition) is 4. The van der Waals surface area contributed by atoms with E-state index in [2.05, 4.69) is 5.16 Å². The third-order valence-electron chi connectivity index (χ3n) is 3.28. The Bertz CT molecular complexity index is 855. The van der Waals surface area contributed by atoms with Gasteiger partial charge in [0.05, 0.1) is 5.02 Å². The number of benzene rings is 2. The zero-order valence-corrected chi connectivity index (χ0v) is 12.3. The Kier molecular flexibility index (Phi) is 3.85. The highest BCUT2D eigenvalue weighted by Gasteiger charge is 2.12. The summed E-state index contributed by atoms with van der Waals surface area (Å²) in [7, 11) is 0. The molecule has 0 saturated heterocycles. The van der Waals surface area contributed by atoms with Crippen molar-refractivity contribution in [2.45, 2.75) is 0 Å². The van der Waals surface area contributed by atoms with Crippen molar-refractivity contribution in [2.24, 2.45) is 0 Å². The summed E-state index contributed by atoms with van der Waals surface area (Å²) in [5.41, 5.74) is 3.78. The molecule has 1 aromatic heterocycles. The lowest BCUT2D eigenvalue weighted by molar-refractivity contribution is 0.435. The van der Waals surface area contributed by atoms with Crippen LogP contribution in [0.15, 0.2) is 53.1 Å². The molecule has 3 rings (SSSR count). The Hall–Kier alpha value is -2.72. The fourth-order valence-corrected chi connectivity index (χ4v) is 2.36. The predicted molar refractivity (Wildman–Crippen MR) is 88.2 cm³/mol. The molecular formula is C17H12ClN3O. The van der Waals surface area contributed by atoms with Crippen LogP contribution in [-0.2, 0) is 0 Å². The summed E-state index contributed by atoms with van der Waals surface area (Å²) in [6.07, 6.45) is 2.54. The van der Waals surface area contributed by atoms with Gasteiger partial charge in [0, 0.05) is 29.6 Å².